The van der Waals surface area contributed by atoms with Crippen LogP contribution in [0, 0.1) is 5.41 Å². The van der Waals surface area contributed by atoms with E-state index < -0.39 is 0 Å². The highest BCUT2D eigenvalue weighted by molar-refractivity contribution is 6.28. The van der Waals surface area contributed by atoms with Crippen molar-refractivity contribution >= 4 is 17.5 Å². The Kier molecular flexibility index (Phi) is 5.14. The third-order valence-corrected chi connectivity index (χ3v) is 2.23. The van der Waals surface area contributed by atoms with Crippen LogP contribution in [0.1, 0.15) is 34.1 Å². The van der Waals surface area contributed by atoms with Gasteiger partial charge in [-0.15, -0.1) is 0 Å². The molecule has 0 atom stereocenters. The van der Waals surface area contributed by atoms with Crippen molar-refractivity contribution in [2.45, 2.75) is 34.1 Å². The van der Waals surface area contributed by atoms with Gasteiger partial charge in [0.25, 0.3) is 0 Å². The van der Waals surface area contributed by atoms with Crippen LogP contribution in [0.15, 0.2) is 0 Å². The molecule has 0 unspecified atom stereocenters. The number of anilines is 1. The zero-order chi connectivity index (χ0) is 13.8. The van der Waals surface area contributed by atoms with Crippen LogP contribution in [0.5, 0.6) is 6.01 Å². The molecule has 0 amide bonds. The lowest BCUT2D eigenvalue weighted by Gasteiger charge is -2.26. The van der Waals surface area contributed by atoms with Gasteiger partial charge in [0.05, 0.1) is 6.61 Å². The molecule has 0 bridgehead atoms. The van der Waals surface area contributed by atoms with E-state index in [4.69, 9.17) is 16.3 Å². The zero-order valence-corrected chi connectivity index (χ0v) is 12.5. The molecule has 1 aromatic heterocycles. The Hall–Kier alpha value is -1.10. The number of aromatic nitrogens is 3. The van der Waals surface area contributed by atoms with E-state index in [-0.39, 0.29) is 16.7 Å². The van der Waals surface area contributed by atoms with Crippen LogP contribution in [-0.4, -0.2) is 35.2 Å². The van der Waals surface area contributed by atoms with Gasteiger partial charge >= 0.3 is 6.01 Å². The average molecular weight is 273 g/mol. The second-order valence-electron chi connectivity index (χ2n) is 5.45. The van der Waals surface area contributed by atoms with E-state index in [9.17, 15) is 0 Å². The van der Waals surface area contributed by atoms with E-state index in [0.717, 1.165) is 13.0 Å². The van der Waals surface area contributed by atoms with Gasteiger partial charge in [0.1, 0.15) is 0 Å². The Morgan fingerprint density at radius 2 is 1.89 bits per heavy atom. The first-order valence-corrected chi connectivity index (χ1v) is 6.45. The molecule has 0 saturated heterocycles. The van der Waals surface area contributed by atoms with Gasteiger partial charge < -0.3 is 9.64 Å². The van der Waals surface area contributed by atoms with Crippen LogP contribution in [-0.2, 0) is 0 Å². The monoisotopic (exact) mass is 272 g/mol. The van der Waals surface area contributed by atoms with E-state index in [0.29, 0.717) is 12.6 Å². The number of nitrogens with zero attached hydrogens (tertiary/aromatic N) is 4. The third-order valence-electron chi connectivity index (χ3n) is 2.06. The summed E-state index contributed by atoms with van der Waals surface area (Å²) in [4.78, 5) is 14.3. The van der Waals surface area contributed by atoms with E-state index in [1.54, 1.807) is 0 Å². The number of rotatable bonds is 5. The van der Waals surface area contributed by atoms with Crippen LogP contribution >= 0.6 is 11.6 Å². The van der Waals surface area contributed by atoms with Crippen LogP contribution in [0.4, 0.5) is 5.95 Å². The Bertz CT molecular complexity index is 392. The summed E-state index contributed by atoms with van der Waals surface area (Å²) in [6.45, 7) is 9.88. The van der Waals surface area contributed by atoms with Crippen molar-refractivity contribution in [3.05, 3.63) is 5.28 Å². The maximum atomic E-state index is 5.88. The summed E-state index contributed by atoms with van der Waals surface area (Å²) < 4.78 is 5.38. The smallest absolute Gasteiger partial charge is 0.322 e. The van der Waals surface area contributed by atoms with Crippen molar-refractivity contribution < 1.29 is 4.74 Å². The van der Waals surface area contributed by atoms with Crippen molar-refractivity contribution in [2.75, 3.05) is 25.1 Å². The summed E-state index contributed by atoms with van der Waals surface area (Å²) in [5.74, 6) is 0.538. The molecule has 1 heterocycles. The SMILES string of the molecule is CCCOc1nc(Cl)nc(N(C)CC(C)(C)C)n1. The molecule has 18 heavy (non-hydrogen) atoms. The molecule has 0 radical (unpaired) electrons. The molecule has 1 aromatic rings. The zero-order valence-electron chi connectivity index (χ0n) is 11.7. The molecule has 0 spiro atoms. The Morgan fingerprint density at radius 1 is 1.22 bits per heavy atom. The fourth-order valence-corrected chi connectivity index (χ4v) is 1.68. The highest BCUT2D eigenvalue weighted by atomic mass is 35.5. The van der Waals surface area contributed by atoms with Crippen LogP contribution in [0.25, 0.3) is 0 Å². The Labute approximate surface area is 114 Å². The standard InChI is InChI=1S/C12H21ClN4O/c1-6-7-18-11-15-9(13)14-10(16-11)17(5)8-12(2,3)4/h6-8H2,1-5H3. The van der Waals surface area contributed by atoms with E-state index in [2.05, 4.69) is 35.7 Å². The van der Waals surface area contributed by atoms with Crippen molar-refractivity contribution in [2.24, 2.45) is 5.41 Å². The van der Waals surface area contributed by atoms with Gasteiger partial charge in [0.2, 0.25) is 11.2 Å². The topological polar surface area (TPSA) is 51.1 Å². The molecule has 0 aliphatic heterocycles. The molecule has 1 rings (SSSR count). The Morgan fingerprint density at radius 3 is 2.44 bits per heavy atom. The van der Waals surface area contributed by atoms with Gasteiger partial charge in [-0.1, -0.05) is 27.7 Å². The molecule has 0 saturated carbocycles. The minimum absolute atomic E-state index is 0.151. The number of hydrogen-bond acceptors (Lipinski definition) is 5. The van der Waals surface area contributed by atoms with Crippen molar-refractivity contribution in [3.63, 3.8) is 0 Å². The summed E-state index contributed by atoms with van der Waals surface area (Å²) in [7, 11) is 1.93. The van der Waals surface area contributed by atoms with E-state index in [1.165, 1.54) is 0 Å². The normalized spacial score (nSPS) is 11.4. The number of halogens is 1. The first kappa shape index (κ1) is 15.0. The van der Waals surface area contributed by atoms with Crippen LogP contribution in [0.3, 0.4) is 0 Å². The molecule has 0 fully saturated rings. The second kappa shape index (κ2) is 6.18. The fraction of sp³-hybridized carbons (Fsp3) is 0.750. The maximum absolute atomic E-state index is 5.88. The summed E-state index contributed by atoms with van der Waals surface area (Å²) >= 11 is 5.88. The molecule has 0 N–H and O–H groups in total. The average Bonchev–Trinajstić information content (AvgIpc) is 2.23. The van der Waals surface area contributed by atoms with E-state index in [1.807, 2.05) is 18.9 Å². The van der Waals surface area contributed by atoms with Crippen LogP contribution < -0.4 is 9.64 Å². The summed E-state index contributed by atoms with van der Waals surface area (Å²) in [6.07, 6.45) is 0.899. The highest BCUT2D eigenvalue weighted by Gasteiger charge is 2.17. The summed E-state index contributed by atoms with van der Waals surface area (Å²) in [5.41, 5.74) is 0.151. The van der Waals surface area contributed by atoms with Gasteiger partial charge in [-0.2, -0.15) is 15.0 Å². The lowest BCUT2D eigenvalue weighted by molar-refractivity contribution is 0.291. The quantitative estimate of drug-likeness (QED) is 0.825. The van der Waals surface area contributed by atoms with E-state index >= 15 is 0 Å². The molecular weight excluding hydrogens is 252 g/mol. The van der Waals surface area contributed by atoms with Crippen molar-refractivity contribution in [1.29, 1.82) is 0 Å². The Balaban J connectivity index is 2.84. The van der Waals surface area contributed by atoms with Crippen LogP contribution in [0.2, 0.25) is 5.28 Å². The predicted molar refractivity (Wildman–Crippen MR) is 73.3 cm³/mol. The van der Waals surface area contributed by atoms with Gasteiger partial charge in [0.15, 0.2) is 0 Å². The maximum Gasteiger partial charge on any atom is 0.322 e. The van der Waals surface area contributed by atoms with Crippen molar-refractivity contribution in [3.8, 4) is 6.01 Å². The summed E-state index contributed by atoms with van der Waals surface area (Å²) in [6, 6.07) is 0.285. The summed E-state index contributed by atoms with van der Waals surface area (Å²) in [5, 5.41) is 0.159. The van der Waals surface area contributed by atoms with Gasteiger partial charge in [-0.3, -0.25) is 0 Å². The van der Waals surface area contributed by atoms with Gasteiger partial charge in [-0.25, -0.2) is 0 Å². The number of hydrogen-bond donors (Lipinski definition) is 0. The van der Waals surface area contributed by atoms with Crippen molar-refractivity contribution in [1.82, 2.24) is 15.0 Å². The first-order chi connectivity index (χ1) is 8.31. The fourth-order valence-electron chi connectivity index (χ4n) is 1.53. The number of ether oxygens (including phenoxy) is 1. The van der Waals surface area contributed by atoms with Gasteiger partial charge in [-0.05, 0) is 23.4 Å². The molecule has 0 aliphatic rings. The molecule has 102 valence electrons. The molecular formula is C12H21ClN4O. The molecule has 0 aliphatic carbocycles. The lowest BCUT2D eigenvalue weighted by Crippen LogP contribution is -2.30. The predicted octanol–water partition coefficient (Wildman–Crippen LogP) is 2.80. The third kappa shape index (κ3) is 5.04. The van der Waals surface area contributed by atoms with Gasteiger partial charge in [0, 0.05) is 13.6 Å². The first-order valence-electron chi connectivity index (χ1n) is 6.07. The second-order valence-corrected chi connectivity index (χ2v) is 5.79. The highest BCUT2D eigenvalue weighted by Crippen LogP contribution is 2.19. The minimum atomic E-state index is 0.151. The lowest BCUT2D eigenvalue weighted by atomic mass is 9.96. The minimum Gasteiger partial charge on any atom is -0.463 e. The molecule has 6 heteroatoms. The molecule has 5 nitrogen and oxygen atoms in total. The molecule has 0 aromatic carbocycles. The largest absolute Gasteiger partial charge is 0.463 e.